The highest BCUT2D eigenvalue weighted by molar-refractivity contribution is 5.97. The van der Waals surface area contributed by atoms with Crippen molar-refractivity contribution < 1.29 is 18.7 Å². The van der Waals surface area contributed by atoms with Gasteiger partial charge in [-0.25, -0.2) is 9.78 Å². The predicted molar refractivity (Wildman–Crippen MR) is 86.2 cm³/mol. The lowest BCUT2D eigenvalue weighted by Crippen LogP contribution is -2.43. The number of hydrogen-bond acceptors (Lipinski definition) is 5. The molecule has 23 heavy (non-hydrogen) atoms. The van der Waals surface area contributed by atoms with Gasteiger partial charge in [0.2, 0.25) is 5.91 Å². The molecule has 124 valence electrons. The highest BCUT2D eigenvalue weighted by Crippen LogP contribution is 2.20. The summed E-state index contributed by atoms with van der Waals surface area (Å²) in [4.78, 5) is 28.0. The van der Waals surface area contributed by atoms with Gasteiger partial charge in [0, 0.05) is 18.7 Å². The smallest absolute Gasteiger partial charge is 0.408 e. The monoisotopic (exact) mass is 319 g/mol. The van der Waals surface area contributed by atoms with Gasteiger partial charge in [0.25, 0.3) is 0 Å². The number of anilines is 1. The maximum absolute atomic E-state index is 12.1. The first kappa shape index (κ1) is 16.8. The Hall–Kier alpha value is -2.57. The molecule has 2 amide bonds. The Kier molecular flexibility index (Phi) is 4.58. The summed E-state index contributed by atoms with van der Waals surface area (Å²) in [6, 6.07) is 4.43. The van der Waals surface area contributed by atoms with E-state index in [9.17, 15) is 9.59 Å². The number of carbonyl (C=O) groups is 2. The van der Waals surface area contributed by atoms with Gasteiger partial charge in [-0.15, -0.1) is 0 Å². The molecule has 1 atom stereocenters. The fourth-order valence-corrected chi connectivity index (χ4v) is 1.92. The number of ether oxygens (including phenoxy) is 1. The van der Waals surface area contributed by atoms with Crippen molar-refractivity contribution in [2.45, 2.75) is 46.3 Å². The second-order valence-electron chi connectivity index (χ2n) is 6.27. The first-order valence-electron chi connectivity index (χ1n) is 7.31. The number of alkyl carbamates (subject to hydrolysis) is 1. The van der Waals surface area contributed by atoms with E-state index >= 15 is 0 Å². The first-order valence-corrected chi connectivity index (χ1v) is 7.31. The van der Waals surface area contributed by atoms with Crippen LogP contribution in [0.25, 0.3) is 11.1 Å². The van der Waals surface area contributed by atoms with Gasteiger partial charge in [0.15, 0.2) is 11.5 Å². The van der Waals surface area contributed by atoms with Gasteiger partial charge in [-0.2, -0.15) is 0 Å². The molecule has 1 aromatic carbocycles. The molecule has 0 aliphatic carbocycles. The summed E-state index contributed by atoms with van der Waals surface area (Å²) in [7, 11) is 0. The van der Waals surface area contributed by atoms with Gasteiger partial charge in [0.05, 0.1) is 0 Å². The molecular formula is C16H21N3O4. The Morgan fingerprint density at radius 3 is 2.65 bits per heavy atom. The molecule has 0 spiro atoms. The summed E-state index contributed by atoms with van der Waals surface area (Å²) in [5.74, 6) is 0.204. The molecule has 0 aliphatic heterocycles. The van der Waals surface area contributed by atoms with Gasteiger partial charge < -0.3 is 19.8 Å². The van der Waals surface area contributed by atoms with Crippen molar-refractivity contribution in [1.29, 1.82) is 0 Å². The van der Waals surface area contributed by atoms with Crippen molar-refractivity contribution in [2.75, 3.05) is 5.32 Å². The second-order valence-corrected chi connectivity index (χ2v) is 6.27. The van der Waals surface area contributed by atoms with E-state index in [0.717, 1.165) is 5.52 Å². The standard InChI is InChI=1S/C16H21N3O4/c1-9(17-15(21)23-16(3,4)5)14(20)19-11-6-7-12-13(8-11)22-10(2)18-12/h6-9H,1-5H3,(H,17,21)(H,19,20). The Balaban J connectivity index is 1.97. The number of aromatic nitrogens is 1. The van der Waals surface area contributed by atoms with Crippen molar-refractivity contribution in [3.8, 4) is 0 Å². The van der Waals surface area contributed by atoms with Gasteiger partial charge in [-0.1, -0.05) is 0 Å². The minimum Gasteiger partial charge on any atom is -0.444 e. The van der Waals surface area contributed by atoms with Crippen LogP contribution in [0.5, 0.6) is 0 Å². The lowest BCUT2D eigenvalue weighted by atomic mass is 10.2. The molecule has 0 saturated carbocycles. The summed E-state index contributed by atoms with van der Waals surface area (Å²) in [5.41, 5.74) is 1.26. The normalized spacial score (nSPS) is 12.7. The third kappa shape index (κ3) is 4.70. The number of nitrogens with one attached hydrogen (secondary N) is 2. The fourth-order valence-electron chi connectivity index (χ4n) is 1.92. The zero-order valence-corrected chi connectivity index (χ0v) is 13.9. The van der Waals surface area contributed by atoms with E-state index in [4.69, 9.17) is 9.15 Å². The van der Waals surface area contributed by atoms with Crippen LogP contribution in [0.4, 0.5) is 10.5 Å². The quantitative estimate of drug-likeness (QED) is 0.907. The number of nitrogens with zero attached hydrogens (tertiary/aromatic N) is 1. The Morgan fingerprint density at radius 2 is 2.00 bits per heavy atom. The van der Waals surface area contributed by atoms with E-state index in [2.05, 4.69) is 15.6 Å². The van der Waals surface area contributed by atoms with Gasteiger partial charge in [-0.3, -0.25) is 4.79 Å². The van der Waals surface area contributed by atoms with Gasteiger partial charge in [0.1, 0.15) is 17.2 Å². The highest BCUT2D eigenvalue weighted by atomic mass is 16.6. The molecule has 2 aromatic rings. The van der Waals surface area contributed by atoms with Crippen molar-refractivity contribution >= 4 is 28.8 Å². The molecule has 0 fully saturated rings. The summed E-state index contributed by atoms with van der Waals surface area (Å²) >= 11 is 0. The number of fused-ring (bicyclic) bond motifs is 1. The average molecular weight is 319 g/mol. The molecule has 0 radical (unpaired) electrons. The second kappa shape index (κ2) is 6.28. The summed E-state index contributed by atoms with van der Waals surface area (Å²) < 4.78 is 10.5. The summed E-state index contributed by atoms with van der Waals surface area (Å²) in [6.45, 7) is 8.60. The van der Waals surface area contributed by atoms with Crippen LogP contribution < -0.4 is 10.6 Å². The molecule has 2 rings (SSSR count). The molecule has 2 N–H and O–H groups in total. The molecule has 1 heterocycles. The fraction of sp³-hybridized carbons (Fsp3) is 0.438. The van der Waals surface area contributed by atoms with Gasteiger partial charge in [-0.05, 0) is 39.8 Å². The van der Waals surface area contributed by atoms with Crippen molar-refractivity contribution in [3.05, 3.63) is 24.1 Å². The van der Waals surface area contributed by atoms with E-state index < -0.39 is 17.7 Å². The van der Waals surface area contributed by atoms with Crippen LogP contribution in [0, 0.1) is 6.92 Å². The summed E-state index contributed by atoms with van der Waals surface area (Å²) in [5, 5.41) is 5.20. The van der Waals surface area contributed by atoms with Crippen LogP contribution in [0.1, 0.15) is 33.6 Å². The molecule has 1 unspecified atom stereocenters. The van der Waals surface area contributed by atoms with E-state index in [-0.39, 0.29) is 5.91 Å². The zero-order chi connectivity index (χ0) is 17.2. The van der Waals surface area contributed by atoms with E-state index in [0.29, 0.717) is 17.2 Å². The van der Waals surface area contributed by atoms with Crippen LogP contribution in [0.3, 0.4) is 0 Å². The van der Waals surface area contributed by atoms with Crippen molar-refractivity contribution in [2.24, 2.45) is 0 Å². The van der Waals surface area contributed by atoms with E-state index in [1.165, 1.54) is 0 Å². The van der Waals surface area contributed by atoms with E-state index in [1.807, 2.05) is 0 Å². The Morgan fingerprint density at radius 1 is 1.30 bits per heavy atom. The lowest BCUT2D eigenvalue weighted by molar-refractivity contribution is -0.117. The van der Waals surface area contributed by atoms with Crippen LogP contribution >= 0.6 is 0 Å². The average Bonchev–Trinajstić information content (AvgIpc) is 2.75. The van der Waals surface area contributed by atoms with Crippen LogP contribution in [-0.4, -0.2) is 28.6 Å². The molecule has 7 nitrogen and oxygen atoms in total. The lowest BCUT2D eigenvalue weighted by Gasteiger charge is -2.21. The van der Waals surface area contributed by atoms with Crippen LogP contribution in [0.15, 0.2) is 22.6 Å². The number of carbonyl (C=O) groups excluding carboxylic acids is 2. The number of hydrogen-bond donors (Lipinski definition) is 2. The molecule has 1 aromatic heterocycles. The Bertz CT molecular complexity index is 730. The maximum Gasteiger partial charge on any atom is 0.408 e. The largest absolute Gasteiger partial charge is 0.444 e. The minimum absolute atomic E-state index is 0.355. The number of amides is 2. The number of rotatable bonds is 3. The molecular weight excluding hydrogens is 298 g/mol. The third-order valence-electron chi connectivity index (χ3n) is 2.89. The molecule has 0 aliphatic rings. The SMILES string of the molecule is Cc1nc2ccc(NC(=O)C(C)NC(=O)OC(C)(C)C)cc2o1. The number of benzene rings is 1. The maximum atomic E-state index is 12.1. The molecule has 7 heteroatoms. The minimum atomic E-state index is -0.739. The summed E-state index contributed by atoms with van der Waals surface area (Å²) in [6.07, 6.45) is -0.638. The van der Waals surface area contributed by atoms with Crippen molar-refractivity contribution in [1.82, 2.24) is 10.3 Å². The molecule has 0 saturated heterocycles. The number of oxazole rings is 1. The molecule has 0 bridgehead atoms. The topological polar surface area (TPSA) is 93.5 Å². The van der Waals surface area contributed by atoms with Gasteiger partial charge >= 0.3 is 6.09 Å². The van der Waals surface area contributed by atoms with Crippen molar-refractivity contribution in [3.63, 3.8) is 0 Å². The first-order chi connectivity index (χ1) is 10.6. The van der Waals surface area contributed by atoms with Crippen LogP contribution in [0.2, 0.25) is 0 Å². The zero-order valence-electron chi connectivity index (χ0n) is 13.9. The van der Waals surface area contributed by atoms with E-state index in [1.54, 1.807) is 52.8 Å². The van der Waals surface area contributed by atoms with Crippen LogP contribution in [-0.2, 0) is 9.53 Å². The number of aryl methyl sites for hydroxylation is 1. The Labute approximate surface area is 134 Å². The third-order valence-corrected chi connectivity index (χ3v) is 2.89. The predicted octanol–water partition coefficient (Wildman–Crippen LogP) is 2.99. The highest BCUT2D eigenvalue weighted by Gasteiger charge is 2.21.